The van der Waals surface area contributed by atoms with Crippen LogP contribution in [-0.2, 0) is 10.0 Å². The Morgan fingerprint density at radius 3 is 2.29 bits per heavy atom. The number of benzene rings is 2. The number of hydrogen-bond donors (Lipinski definition) is 2. The van der Waals surface area contributed by atoms with Crippen molar-refractivity contribution in [1.82, 2.24) is 0 Å². The first-order valence-electron chi connectivity index (χ1n) is 6.23. The third-order valence-corrected chi connectivity index (χ3v) is 4.36. The number of nitrogens with one attached hydrogen (secondary N) is 1. The lowest BCUT2D eigenvalue weighted by atomic mass is 10.1. The van der Waals surface area contributed by atoms with Gasteiger partial charge in [-0.3, -0.25) is 9.52 Å². The van der Waals surface area contributed by atoms with Gasteiger partial charge in [-0.2, -0.15) is 0 Å². The molecule has 0 fully saturated rings. The van der Waals surface area contributed by atoms with E-state index >= 15 is 0 Å². The van der Waals surface area contributed by atoms with Crippen LogP contribution >= 0.6 is 0 Å². The molecule has 0 unspecified atom stereocenters. The molecule has 6 heteroatoms. The molecule has 0 aromatic heterocycles. The topological polar surface area (TPSA) is 83.5 Å². The molecule has 0 radical (unpaired) electrons. The zero-order valence-corrected chi connectivity index (χ0v) is 12.4. The SMILES string of the molecule is CC(=O)c1cccc(O)c1NS(=O)(=O)c1ccc(C)cc1. The van der Waals surface area contributed by atoms with Crippen molar-refractivity contribution in [2.45, 2.75) is 18.7 Å². The number of hydrogen-bond acceptors (Lipinski definition) is 4. The van der Waals surface area contributed by atoms with E-state index in [4.69, 9.17) is 0 Å². The fraction of sp³-hybridized carbons (Fsp3) is 0.133. The van der Waals surface area contributed by atoms with Gasteiger partial charge < -0.3 is 5.11 Å². The highest BCUT2D eigenvalue weighted by atomic mass is 32.2. The molecule has 0 aliphatic rings. The molecule has 0 aliphatic carbocycles. The van der Waals surface area contributed by atoms with E-state index in [1.807, 2.05) is 6.92 Å². The average Bonchev–Trinajstić information content (AvgIpc) is 2.41. The van der Waals surface area contributed by atoms with E-state index in [0.717, 1.165) is 5.56 Å². The second kappa shape index (κ2) is 5.57. The molecule has 2 rings (SSSR count). The molecule has 0 amide bonds. The Balaban J connectivity index is 2.46. The van der Waals surface area contributed by atoms with Crippen molar-refractivity contribution in [2.75, 3.05) is 4.72 Å². The maximum Gasteiger partial charge on any atom is 0.262 e. The molecule has 2 aromatic rings. The fourth-order valence-corrected chi connectivity index (χ4v) is 2.95. The number of ketones is 1. The van der Waals surface area contributed by atoms with Crippen LogP contribution in [0, 0.1) is 6.92 Å². The van der Waals surface area contributed by atoms with Gasteiger partial charge in [0.2, 0.25) is 0 Å². The molecular weight excluding hydrogens is 290 g/mol. The summed E-state index contributed by atoms with van der Waals surface area (Å²) < 4.78 is 26.9. The van der Waals surface area contributed by atoms with Crippen LogP contribution < -0.4 is 4.72 Å². The third-order valence-electron chi connectivity index (χ3n) is 2.99. The van der Waals surface area contributed by atoms with Crippen LogP contribution in [-0.4, -0.2) is 19.3 Å². The zero-order chi connectivity index (χ0) is 15.6. The second-order valence-corrected chi connectivity index (χ2v) is 6.36. The van der Waals surface area contributed by atoms with Gasteiger partial charge in [0.15, 0.2) is 5.78 Å². The van der Waals surface area contributed by atoms with Gasteiger partial charge >= 0.3 is 0 Å². The molecule has 21 heavy (non-hydrogen) atoms. The minimum atomic E-state index is -3.87. The zero-order valence-electron chi connectivity index (χ0n) is 11.6. The highest BCUT2D eigenvalue weighted by Crippen LogP contribution is 2.30. The lowest BCUT2D eigenvalue weighted by Crippen LogP contribution is -2.15. The van der Waals surface area contributed by atoms with E-state index < -0.39 is 10.0 Å². The van der Waals surface area contributed by atoms with Crippen molar-refractivity contribution < 1.29 is 18.3 Å². The lowest BCUT2D eigenvalue weighted by molar-refractivity contribution is 0.101. The number of phenolic OH excluding ortho intramolecular Hbond substituents is 1. The van der Waals surface area contributed by atoms with Crippen molar-refractivity contribution >= 4 is 21.5 Å². The predicted octanol–water partition coefficient (Wildman–Crippen LogP) is 2.70. The molecule has 0 atom stereocenters. The number of carbonyl (C=O) groups excluding carboxylic acids is 1. The summed E-state index contributed by atoms with van der Waals surface area (Å²) in [6.07, 6.45) is 0. The van der Waals surface area contributed by atoms with E-state index in [1.54, 1.807) is 12.1 Å². The van der Waals surface area contributed by atoms with E-state index in [0.29, 0.717) is 0 Å². The summed E-state index contributed by atoms with van der Waals surface area (Å²) in [4.78, 5) is 11.6. The third kappa shape index (κ3) is 3.22. The van der Waals surface area contributed by atoms with E-state index in [1.165, 1.54) is 37.3 Å². The number of sulfonamides is 1. The van der Waals surface area contributed by atoms with Gasteiger partial charge in [0, 0.05) is 5.56 Å². The number of Topliss-reactive ketones (excluding diaryl/α,β-unsaturated/α-hetero) is 1. The number of para-hydroxylation sites is 1. The van der Waals surface area contributed by atoms with Crippen LogP contribution in [0.25, 0.3) is 0 Å². The van der Waals surface area contributed by atoms with Crippen LogP contribution in [0.5, 0.6) is 5.75 Å². The van der Waals surface area contributed by atoms with Gasteiger partial charge in [-0.05, 0) is 38.1 Å². The summed E-state index contributed by atoms with van der Waals surface area (Å²) in [5, 5.41) is 9.82. The minimum Gasteiger partial charge on any atom is -0.506 e. The molecule has 0 saturated heterocycles. The summed E-state index contributed by atoms with van der Waals surface area (Å²) in [7, 11) is -3.87. The highest BCUT2D eigenvalue weighted by Gasteiger charge is 2.19. The number of phenols is 1. The molecule has 2 N–H and O–H groups in total. The predicted molar refractivity (Wildman–Crippen MR) is 80.1 cm³/mol. The Bertz CT molecular complexity index is 780. The molecule has 0 heterocycles. The van der Waals surface area contributed by atoms with Crippen molar-refractivity contribution in [3.05, 3.63) is 53.6 Å². The monoisotopic (exact) mass is 305 g/mol. The summed E-state index contributed by atoms with van der Waals surface area (Å²) >= 11 is 0. The summed E-state index contributed by atoms with van der Waals surface area (Å²) in [6, 6.07) is 10.5. The van der Waals surface area contributed by atoms with Crippen LogP contribution in [0.2, 0.25) is 0 Å². The first-order chi connectivity index (χ1) is 9.81. The number of aromatic hydroxyl groups is 1. The Hall–Kier alpha value is -2.34. The molecule has 0 spiro atoms. The Morgan fingerprint density at radius 2 is 1.71 bits per heavy atom. The summed E-state index contributed by atoms with van der Waals surface area (Å²) in [5.41, 5.74) is 0.942. The van der Waals surface area contributed by atoms with Gasteiger partial charge in [-0.25, -0.2) is 8.42 Å². The fourth-order valence-electron chi connectivity index (χ4n) is 1.85. The van der Waals surface area contributed by atoms with Gasteiger partial charge in [-0.1, -0.05) is 23.8 Å². The standard InChI is InChI=1S/C15H15NO4S/c1-10-6-8-12(9-7-10)21(19,20)16-15-13(11(2)17)4-3-5-14(15)18/h3-9,16,18H,1-2H3. The number of aryl methyl sites for hydroxylation is 1. The van der Waals surface area contributed by atoms with E-state index in [2.05, 4.69) is 4.72 Å². The first-order valence-corrected chi connectivity index (χ1v) is 7.72. The van der Waals surface area contributed by atoms with Gasteiger partial charge in [0.25, 0.3) is 10.0 Å². The lowest BCUT2D eigenvalue weighted by Gasteiger charge is -2.12. The quantitative estimate of drug-likeness (QED) is 0.672. The van der Waals surface area contributed by atoms with Crippen LogP contribution in [0.3, 0.4) is 0 Å². The molecule has 2 aromatic carbocycles. The normalized spacial score (nSPS) is 11.1. The minimum absolute atomic E-state index is 0.0610. The van der Waals surface area contributed by atoms with E-state index in [9.17, 15) is 18.3 Å². The van der Waals surface area contributed by atoms with Crippen LogP contribution in [0.4, 0.5) is 5.69 Å². The molecule has 110 valence electrons. The maximum absolute atomic E-state index is 12.3. The summed E-state index contributed by atoms with van der Waals surface area (Å²) in [6.45, 7) is 3.15. The van der Waals surface area contributed by atoms with Crippen LogP contribution in [0.15, 0.2) is 47.4 Å². The number of carbonyl (C=O) groups is 1. The smallest absolute Gasteiger partial charge is 0.262 e. The van der Waals surface area contributed by atoms with Gasteiger partial charge in [0.1, 0.15) is 11.4 Å². The van der Waals surface area contributed by atoms with E-state index in [-0.39, 0.29) is 27.7 Å². The molecule has 0 saturated carbocycles. The van der Waals surface area contributed by atoms with Gasteiger partial charge in [-0.15, -0.1) is 0 Å². The average molecular weight is 305 g/mol. The Labute approximate surface area is 123 Å². The van der Waals surface area contributed by atoms with Crippen molar-refractivity contribution in [2.24, 2.45) is 0 Å². The molecule has 5 nitrogen and oxygen atoms in total. The first kappa shape index (κ1) is 15.1. The maximum atomic E-state index is 12.3. The number of anilines is 1. The van der Waals surface area contributed by atoms with Crippen molar-refractivity contribution in [1.29, 1.82) is 0 Å². The highest BCUT2D eigenvalue weighted by molar-refractivity contribution is 7.92. The number of rotatable bonds is 4. The van der Waals surface area contributed by atoms with Crippen LogP contribution in [0.1, 0.15) is 22.8 Å². The Morgan fingerprint density at radius 1 is 1.10 bits per heavy atom. The van der Waals surface area contributed by atoms with Crippen molar-refractivity contribution in [3.63, 3.8) is 0 Å². The molecule has 0 bridgehead atoms. The van der Waals surface area contributed by atoms with Crippen molar-refractivity contribution in [3.8, 4) is 5.75 Å². The Kier molecular flexibility index (Phi) is 3.99. The molecule has 0 aliphatic heterocycles. The van der Waals surface area contributed by atoms with Gasteiger partial charge in [0.05, 0.1) is 4.90 Å². The second-order valence-electron chi connectivity index (χ2n) is 4.67. The largest absolute Gasteiger partial charge is 0.506 e. The summed E-state index contributed by atoms with van der Waals surface area (Å²) in [5.74, 6) is -0.633. The molecular formula is C15H15NO4S.